The van der Waals surface area contributed by atoms with E-state index in [0.29, 0.717) is 22.7 Å². The summed E-state index contributed by atoms with van der Waals surface area (Å²) in [6.07, 6.45) is 12.3. The van der Waals surface area contributed by atoms with Crippen LogP contribution in [0, 0.1) is 5.92 Å². The first-order valence-corrected chi connectivity index (χ1v) is 11.6. The normalized spacial score (nSPS) is 13.3. The molecule has 7 rings (SSSR count). The Balaban J connectivity index is 1.28. The first kappa shape index (κ1) is 20.4. The summed E-state index contributed by atoms with van der Waals surface area (Å²) < 4.78 is 0. The SMILES string of the molecule is O=C(Nc1cncc(-c2ccc3[nH]nc(-c4nc5c(-c6ccncc6)cncc5[nH]4)c3n2)c1)C1CC1. The van der Waals surface area contributed by atoms with E-state index in [4.69, 9.17) is 9.97 Å². The van der Waals surface area contributed by atoms with Crippen LogP contribution in [-0.4, -0.2) is 46.0 Å². The van der Waals surface area contributed by atoms with Crippen LogP contribution in [0.2, 0.25) is 0 Å². The fourth-order valence-corrected chi connectivity index (χ4v) is 4.25. The van der Waals surface area contributed by atoms with E-state index in [-0.39, 0.29) is 11.8 Å². The number of hydrogen-bond acceptors (Lipinski definition) is 7. The molecule has 0 unspecified atom stereocenters. The van der Waals surface area contributed by atoms with Gasteiger partial charge in [-0.05, 0) is 48.7 Å². The number of H-pyrrole nitrogens is 2. The highest BCUT2D eigenvalue weighted by Gasteiger charge is 2.29. The van der Waals surface area contributed by atoms with Crippen LogP contribution in [0.3, 0.4) is 0 Å². The molecule has 3 N–H and O–H groups in total. The van der Waals surface area contributed by atoms with E-state index in [2.05, 4.69) is 35.5 Å². The molecule has 1 fully saturated rings. The fraction of sp³-hybridized carbons (Fsp3) is 0.115. The first-order chi connectivity index (χ1) is 17.7. The summed E-state index contributed by atoms with van der Waals surface area (Å²) in [6, 6.07) is 9.57. The van der Waals surface area contributed by atoms with Crippen molar-refractivity contribution < 1.29 is 4.79 Å². The van der Waals surface area contributed by atoms with Crippen molar-refractivity contribution in [2.24, 2.45) is 5.92 Å². The van der Waals surface area contributed by atoms with E-state index >= 15 is 0 Å². The van der Waals surface area contributed by atoms with Gasteiger partial charge in [-0.2, -0.15) is 5.10 Å². The van der Waals surface area contributed by atoms with Crippen LogP contribution < -0.4 is 5.32 Å². The monoisotopic (exact) mass is 473 g/mol. The zero-order valence-electron chi connectivity index (χ0n) is 18.9. The highest BCUT2D eigenvalue weighted by molar-refractivity contribution is 5.96. The van der Waals surface area contributed by atoms with E-state index in [1.165, 1.54) is 0 Å². The van der Waals surface area contributed by atoms with Gasteiger partial charge in [0.05, 0.1) is 40.3 Å². The second-order valence-corrected chi connectivity index (χ2v) is 8.80. The molecular weight excluding hydrogens is 454 g/mol. The number of nitrogens with one attached hydrogen (secondary N) is 3. The standard InChI is InChI=1S/C26H19N9O/c36-26(15-1-2-15)30-17-9-16(10-28-11-17)19-3-4-20-23(31-19)24(35-34-20)25-32-21-13-29-12-18(22(21)33-25)14-5-7-27-8-6-14/h3-13,15H,1-2H2,(H,30,36)(H,32,33)(H,34,35). The number of nitrogens with zero attached hydrogens (tertiary/aromatic N) is 6. The lowest BCUT2D eigenvalue weighted by Gasteiger charge is -2.06. The second-order valence-electron chi connectivity index (χ2n) is 8.80. The Hall–Kier alpha value is -4.99. The van der Waals surface area contributed by atoms with Gasteiger partial charge in [-0.3, -0.25) is 24.8 Å². The predicted molar refractivity (Wildman–Crippen MR) is 135 cm³/mol. The van der Waals surface area contributed by atoms with Crippen molar-refractivity contribution in [2.75, 3.05) is 5.32 Å². The third-order valence-electron chi connectivity index (χ3n) is 6.27. The summed E-state index contributed by atoms with van der Waals surface area (Å²) in [6.45, 7) is 0. The smallest absolute Gasteiger partial charge is 0.227 e. The molecule has 10 heteroatoms. The fourth-order valence-electron chi connectivity index (χ4n) is 4.25. The van der Waals surface area contributed by atoms with Gasteiger partial charge in [0.25, 0.3) is 0 Å². The van der Waals surface area contributed by atoms with E-state index in [1.54, 1.807) is 37.2 Å². The van der Waals surface area contributed by atoms with Crippen LogP contribution in [0.15, 0.2) is 67.5 Å². The van der Waals surface area contributed by atoms with Crippen LogP contribution in [0.25, 0.3) is 56.0 Å². The van der Waals surface area contributed by atoms with Gasteiger partial charge in [0.15, 0.2) is 11.5 Å². The van der Waals surface area contributed by atoms with Crippen molar-refractivity contribution in [1.82, 2.24) is 40.1 Å². The number of fused-ring (bicyclic) bond motifs is 2. The van der Waals surface area contributed by atoms with Gasteiger partial charge in [-0.1, -0.05) is 0 Å². The van der Waals surface area contributed by atoms with Crippen molar-refractivity contribution in [3.63, 3.8) is 0 Å². The Morgan fingerprint density at radius 3 is 2.58 bits per heavy atom. The Labute approximate surface area is 204 Å². The van der Waals surface area contributed by atoms with Crippen molar-refractivity contribution in [2.45, 2.75) is 12.8 Å². The largest absolute Gasteiger partial charge is 0.335 e. The molecule has 0 spiro atoms. The Bertz CT molecular complexity index is 1750. The van der Waals surface area contributed by atoms with Crippen LogP contribution in [0.1, 0.15) is 12.8 Å². The molecule has 36 heavy (non-hydrogen) atoms. The molecule has 0 atom stereocenters. The summed E-state index contributed by atoms with van der Waals surface area (Å²) in [4.78, 5) is 38.0. The number of aromatic nitrogens is 8. The number of amides is 1. The number of carbonyl (C=O) groups excluding carboxylic acids is 1. The Morgan fingerprint density at radius 2 is 1.72 bits per heavy atom. The predicted octanol–water partition coefficient (Wildman–Crippen LogP) is 4.37. The molecule has 174 valence electrons. The molecule has 1 amide bonds. The molecule has 0 radical (unpaired) electrons. The van der Waals surface area contributed by atoms with Gasteiger partial charge >= 0.3 is 0 Å². The van der Waals surface area contributed by atoms with Crippen LogP contribution in [0.5, 0.6) is 0 Å². The maximum Gasteiger partial charge on any atom is 0.227 e. The van der Waals surface area contributed by atoms with Crippen molar-refractivity contribution in [1.29, 1.82) is 0 Å². The lowest BCUT2D eigenvalue weighted by molar-refractivity contribution is -0.117. The second kappa shape index (κ2) is 8.05. The maximum atomic E-state index is 12.2. The van der Waals surface area contributed by atoms with Gasteiger partial charge in [0.2, 0.25) is 5.91 Å². The van der Waals surface area contributed by atoms with Crippen molar-refractivity contribution in [3.8, 4) is 33.9 Å². The third kappa shape index (κ3) is 3.56. The van der Waals surface area contributed by atoms with Gasteiger partial charge in [0, 0.05) is 41.8 Å². The molecule has 10 nitrogen and oxygen atoms in total. The lowest BCUT2D eigenvalue weighted by atomic mass is 10.1. The number of imidazole rings is 1. The average Bonchev–Trinajstić information content (AvgIpc) is 3.55. The Kier molecular flexibility index (Phi) is 4.56. The van der Waals surface area contributed by atoms with E-state index in [1.807, 2.05) is 30.3 Å². The number of rotatable bonds is 5. The number of aromatic amines is 2. The molecule has 1 aliphatic carbocycles. The zero-order valence-corrected chi connectivity index (χ0v) is 18.9. The molecule has 6 heterocycles. The van der Waals surface area contributed by atoms with E-state index in [0.717, 1.165) is 51.8 Å². The Morgan fingerprint density at radius 1 is 0.861 bits per heavy atom. The molecule has 0 saturated heterocycles. The summed E-state index contributed by atoms with van der Waals surface area (Å²) in [5.41, 5.74) is 7.72. The maximum absolute atomic E-state index is 12.2. The summed E-state index contributed by atoms with van der Waals surface area (Å²) >= 11 is 0. The topological polar surface area (TPSA) is 138 Å². The molecule has 1 saturated carbocycles. The molecule has 0 aromatic carbocycles. The van der Waals surface area contributed by atoms with E-state index < -0.39 is 0 Å². The minimum atomic E-state index is 0.0417. The van der Waals surface area contributed by atoms with Gasteiger partial charge in [0.1, 0.15) is 5.52 Å². The molecular formula is C26H19N9O. The van der Waals surface area contributed by atoms with Crippen LogP contribution in [-0.2, 0) is 4.79 Å². The number of hydrogen-bond donors (Lipinski definition) is 3. The third-order valence-corrected chi connectivity index (χ3v) is 6.27. The van der Waals surface area contributed by atoms with Gasteiger partial charge < -0.3 is 10.3 Å². The molecule has 0 bridgehead atoms. The minimum absolute atomic E-state index is 0.0417. The highest BCUT2D eigenvalue weighted by atomic mass is 16.2. The summed E-state index contributed by atoms with van der Waals surface area (Å²) in [7, 11) is 0. The molecule has 1 aliphatic rings. The molecule has 6 aromatic rings. The average molecular weight is 474 g/mol. The quantitative estimate of drug-likeness (QED) is 0.338. The number of carbonyl (C=O) groups is 1. The lowest BCUT2D eigenvalue weighted by Crippen LogP contribution is -2.13. The first-order valence-electron chi connectivity index (χ1n) is 11.6. The minimum Gasteiger partial charge on any atom is -0.335 e. The highest BCUT2D eigenvalue weighted by Crippen LogP contribution is 2.32. The summed E-state index contributed by atoms with van der Waals surface area (Å²) in [5, 5.41) is 10.5. The van der Waals surface area contributed by atoms with Crippen molar-refractivity contribution in [3.05, 3.63) is 67.5 Å². The number of anilines is 1. The van der Waals surface area contributed by atoms with Gasteiger partial charge in [-0.25, -0.2) is 9.97 Å². The van der Waals surface area contributed by atoms with Gasteiger partial charge in [-0.15, -0.1) is 0 Å². The zero-order chi connectivity index (χ0) is 24.1. The van der Waals surface area contributed by atoms with E-state index in [9.17, 15) is 4.79 Å². The van der Waals surface area contributed by atoms with Crippen molar-refractivity contribution >= 4 is 33.7 Å². The van der Waals surface area contributed by atoms with Crippen LogP contribution in [0.4, 0.5) is 5.69 Å². The van der Waals surface area contributed by atoms with Crippen LogP contribution >= 0.6 is 0 Å². The molecule has 6 aromatic heterocycles. The summed E-state index contributed by atoms with van der Waals surface area (Å²) in [5.74, 6) is 0.752. The molecule has 0 aliphatic heterocycles. The number of pyridine rings is 4.